The highest BCUT2D eigenvalue weighted by Crippen LogP contribution is 2.16. The van der Waals surface area contributed by atoms with Crippen molar-refractivity contribution in [3.05, 3.63) is 41.3 Å². The van der Waals surface area contributed by atoms with Gasteiger partial charge in [-0.25, -0.2) is 4.39 Å². The summed E-state index contributed by atoms with van der Waals surface area (Å²) in [4.78, 5) is 16.1. The molecule has 5 nitrogen and oxygen atoms in total. The van der Waals surface area contributed by atoms with Crippen LogP contribution in [0.15, 0.2) is 22.7 Å². The van der Waals surface area contributed by atoms with Gasteiger partial charge >= 0.3 is 0 Å². The lowest BCUT2D eigenvalue weighted by Crippen LogP contribution is -2.12. The Morgan fingerprint density at radius 1 is 1.41 bits per heavy atom. The molecule has 0 saturated carbocycles. The highest BCUT2D eigenvalue weighted by Gasteiger charge is 2.11. The van der Waals surface area contributed by atoms with Gasteiger partial charge in [0.2, 0.25) is 11.8 Å². The Balaban J connectivity index is 1.80. The molecule has 1 aromatic carbocycles. The molecule has 0 aliphatic carbocycles. The van der Waals surface area contributed by atoms with E-state index in [1.54, 1.807) is 19.1 Å². The van der Waals surface area contributed by atoms with E-state index in [-0.39, 0.29) is 23.9 Å². The van der Waals surface area contributed by atoms with Crippen LogP contribution in [0.25, 0.3) is 0 Å². The van der Waals surface area contributed by atoms with Crippen molar-refractivity contribution < 1.29 is 13.7 Å². The van der Waals surface area contributed by atoms with Gasteiger partial charge in [0.25, 0.3) is 0 Å². The molecular weight excluding hydrogens is 285 g/mol. The Kier molecular flexibility index (Phi) is 5.25. The van der Waals surface area contributed by atoms with Gasteiger partial charge in [0.15, 0.2) is 5.82 Å². The van der Waals surface area contributed by atoms with Crippen molar-refractivity contribution in [3.8, 4) is 0 Å². The van der Waals surface area contributed by atoms with Crippen molar-refractivity contribution in [3.63, 3.8) is 0 Å². The molecule has 0 radical (unpaired) electrons. The summed E-state index contributed by atoms with van der Waals surface area (Å²) < 4.78 is 18.7. The Morgan fingerprint density at radius 2 is 2.18 bits per heavy atom. The third kappa shape index (κ3) is 4.38. The fraction of sp³-hybridized carbons (Fsp3) is 0.438. The van der Waals surface area contributed by atoms with Crippen molar-refractivity contribution in [1.82, 2.24) is 10.1 Å². The van der Waals surface area contributed by atoms with Crippen LogP contribution in [-0.4, -0.2) is 16.0 Å². The molecule has 0 unspecified atom stereocenters. The highest BCUT2D eigenvalue weighted by atomic mass is 19.1. The van der Waals surface area contributed by atoms with Crippen LogP contribution in [-0.2, 0) is 11.2 Å². The number of nitrogens with zero attached hydrogens (tertiary/aromatic N) is 2. The first-order chi connectivity index (χ1) is 10.5. The monoisotopic (exact) mass is 305 g/mol. The van der Waals surface area contributed by atoms with Gasteiger partial charge in [-0.1, -0.05) is 25.1 Å². The van der Waals surface area contributed by atoms with E-state index in [0.717, 1.165) is 5.56 Å². The highest BCUT2D eigenvalue weighted by molar-refractivity contribution is 5.90. The maximum atomic E-state index is 13.6. The average molecular weight is 305 g/mol. The lowest BCUT2D eigenvalue weighted by atomic mass is 10.2. The summed E-state index contributed by atoms with van der Waals surface area (Å²) in [6.45, 7) is 5.76. The summed E-state index contributed by atoms with van der Waals surface area (Å²) in [6.07, 6.45) is 1.37. The van der Waals surface area contributed by atoms with Crippen LogP contribution >= 0.6 is 0 Å². The van der Waals surface area contributed by atoms with Crippen LogP contribution in [0.4, 0.5) is 10.1 Å². The van der Waals surface area contributed by atoms with E-state index in [1.165, 1.54) is 6.07 Å². The number of halogens is 1. The average Bonchev–Trinajstić information content (AvgIpc) is 2.91. The van der Waals surface area contributed by atoms with Crippen molar-refractivity contribution in [2.45, 2.75) is 46.0 Å². The number of benzene rings is 1. The molecule has 1 aromatic heterocycles. The Morgan fingerprint density at radius 3 is 2.82 bits per heavy atom. The van der Waals surface area contributed by atoms with Gasteiger partial charge in [0, 0.05) is 18.8 Å². The van der Waals surface area contributed by atoms with Crippen LogP contribution in [0.3, 0.4) is 0 Å². The number of anilines is 1. The zero-order chi connectivity index (χ0) is 16.1. The summed E-state index contributed by atoms with van der Waals surface area (Å²) in [7, 11) is 0. The molecule has 0 fully saturated rings. The third-order valence-corrected chi connectivity index (χ3v) is 3.19. The van der Waals surface area contributed by atoms with Crippen molar-refractivity contribution in [2.75, 3.05) is 5.32 Å². The molecule has 0 spiro atoms. The minimum absolute atomic E-state index is 0.204. The van der Waals surface area contributed by atoms with Gasteiger partial charge in [-0.15, -0.1) is 0 Å². The lowest BCUT2D eigenvalue weighted by Gasteiger charge is -2.06. The van der Waals surface area contributed by atoms with E-state index in [9.17, 15) is 9.18 Å². The van der Waals surface area contributed by atoms with Gasteiger partial charge in [-0.2, -0.15) is 4.98 Å². The molecule has 22 heavy (non-hydrogen) atoms. The van der Waals surface area contributed by atoms with E-state index in [1.807, 2.05) is 13.8 Å². The number of nitrogens with one attached hydrogen (secondary N) is 1. The van der Waals surface area contributed by atoms with Crippen LogP contribution in [0.1, 0.15) is 49.9 Å². The predicted molar refractivity (Wildman–Crippen MR) is 81.1 cm³/mol. The number of amides is 1. The number of hydrogen-bond donors (Lipinski definition) is 1. The fourth-order valence-corrected chi connectivity index (χ4v) is 1.94. The maximum absolute atomic E-state index is 13.6. The number of rotatable bonds is 6. The minimum Gasteiger partial charge on any atom is -0.339 e. The molecule has 0 aliphatic rings. The summed E-state index contributed by atoms with van der Waals surface area (Å²) in [5, 5.41) is 6.43. The molecule has 1 amide bonds. The zero-order valence-corrected chi connectivity index (χ0v) is 13.0. The number of carbonyl (C=O) groups excluding carboxylic acids is 1. The SMILES string of the molecule is Cc1ccc(NC(=O)CCCc2nc(C(C)C)no2)c(F)c1. The first-order valence-electron chi connectivity index (χ1n) is 7.34. The first-order valence-corrected chi connectivity index (χ1v) is 7.34. The zero-order valence-electron chi connectivity index (χ0n) is 13.0. The van der Waals surface area contributed by atoms with E-state index in [4.69, 9.17) is 4.52 Å². The maximum Gasteiger partial charge on any atom is 0.226 e. The number of aryl methyl sites for hydroxylation is 2. The normalized spacial score (nSPS) is 11.0. The van der Waals surface area contributed by atoms with Crippen LogP contribution in [0.2, 0.25) is 0 Å². The van der Waals surface area contributed by atoms with Crippen LogP contribution in [0, 0.1) is 12.7 Å². The molecule has 2 aromatic rings. The Hall–Kier alpha value is -2.24. The molecule has 118 valence electrons. The smallest absolute Gasteiger partial charge is 0.226 e. The largest absolute Gasteiger partial charge is 0.339 e. The number of carbonyl (C=O) groups is 1. The molecule has 0 aliphatic heterocycles. The van der Waals surface area contributed by atoms with Gasteiger partial charge < -0.3 is 9.84 Å². The molecule has 1 heterocycles. The van der Waals surface area contributed by atoms with Crippen molar-refractivity contribution in [1.29, 1.82) is 0 Å². The van der Waals surface area contributed by atoms with Crippen LogP contribution in [0.5, 0.6) is 0 Å². The van der Waals surface area contributed by atoms with Gasteiger partial charge in [0.05, 0.1) is 5.69 Å². The molecule has 2 rings (SSSR count). The predicted octanol–water partition coefficient (Wildman–Crippen LogP) is 3.60. The van der Waals surface area contributed by atoms with Crippen molar-refractivity contribution in [2.24, 2.45) is 0 Å². The van der Waals surface area contributed by atoms with Gasteiger partial charge in [-0.3, -0.25) is 4.79 Å². The van der Waals surface area contributed by atoms with Crippen molar-refractivity contribution >= 4 is 11.6 Å². The quantitative estimate of drug-likeness (QED) is 0.885. The molecule has 1 N–H and O–H groups in total. The summed E-state index contributed by atoms with van der Waals surface area (Å²) >= 11 is 0. The second-order valence-corrected chi connectivity index (χ2v) is 5.59. The Bertz CT molecular complexity index is 653. The summed E-state index contributed by atoms with van der Waals surface area (Å²) in [6, 6.07) is 4.71. The second kappa shape index (κ2) is 7.15. The second-order valence-electron chi connectivity index (χ2n) is 5.59. The molecule has 0 saturated heterocycles. The Labute approximate surface area is 128 Å². The van der Waals surface area contributed by atoms with Gasteiger partial charge in [0.1, 0.15) is 5.82 Å². The van der Waals surface area contributed by atoms with E-state index >= 15 is 0 Å². The number of aromatic nitrogens is 2. The fourth-order valence-electron chi connectivity index (χ4n) is 1.94. The van der Waals surface area contributed by atoms with E-state index in [0.29, 0.717) is 24.6 Å². The molecule has 6 heteroatoms. The third-order valence-electron chi connectivity index (χ3n) is 3.19. The van der Waals surface area contributed by atoms with Gasteiger partial charge in [-0.05, 0) is 31.0 Å². The molecule has 0 bridgehead atoms. The lowest BCUT2D eigenvalue weighted by molar-refractivity contribution is -0.116. The van der Waals surface area contributed by atoms with E-state index < -0.39 is 5.82 Å². The topological polar surface area (TPSA) is 68.0 Å². The summed E-state index contributed by atoms with van der Waals surface area (Å²) in [5.74, 6) is 0.752. The van der Waals surface area contributed by atoms with Crippen LogP contribution < -0.4 is 5.32 Å². The standard InChI is InChI=1S/C16H20FN3O2/c1-10(2)16-19-15(22-20-16)6-4-5-14(21)18-13-8-7-11(3)9-12(13)17/h7-10H,4-6H2,1-3H3,(H,18,21). The minimum atomic E-state index is -0.424. The molecular formula is C16H20FN3O2. The molecule has 0 atom stereocenters. The summed E-state index contributed by atoms with van der Waals surface area (Å²) in [5.41, 5.74) is 1.02. The van der Waals surface area contributed by atoms with E-state index in [2.05, 4.69) is 15.5 Å². The number of hydrogen-bond acceptors (Lipinski definition) is 4. The first kappa shape index (κ1) is 16.1.